The Morgan fingerprint density at radius 3 is 2.53 bits per heavy atom. The number of aliphatic hydroxyl groups excluding tert-OH is 1. The van der Waals surface area contributed by atoms with Crippen molar-refractivity contribution in [1.29, 1.82) is 0 Å². The minimum atomic E-state index is -0.498. The van der Waals surface area contributed by atoms with E-state index in [0.717, 1.165) is 12.0 Å². The highest BCUT2D eigenvalue weighted by atomic mass is 16.5. The molecule has 106 valence electrons. The number of hydrogen-bond donors (Lipinski definition) is 2. The Labute approximate surface area is 114 Å². The Hall–Kier alpha value is -1.39. The fourth-order valence-electron chi connectivity index (χ4n) is 1.69. The molecule has 19 heavy (non-hydrogen) atoms. The van der Waals surface area contributed by atoms with Crippen molar-refractivity contribution in [3.8, 4) is 0 Å². The van der Waals surface area contributed by atoms with Crippen LogP contribution < -0.4 is 5.32 Å². The highest BCUT2D eigenvalue weighted by molar-refractivity contribution is 5.94. The molecule has 0 saturated heterocycles. The van der Waals surface area contributed by atoms with Crippen molar-refractivity contribution < 1.29 is 14.6 Å². The van der Waals surface area contributed by atoms with Gasteiger partial charge >= 0.3 is 0 Å². The molecule has 0 aliphatic heterocycles. The lowest BCUT2D eigenvalue weighted by Crippen LogP contribution is -2.35. The molecule has 2 atom stereocenters. The lowest BCUT2D eigenvalue weighted by atomic mass is 10.0. The zero-order chi connectivity index (χ0) is 14.3. The van der Waals surface area contributed by atoms with Gasteiger partial charge in [-0.3, -0.25) is 4.79 Å². The van der Waals surface area contributed by atoms with Crippen LogP contribution in [0.5, 0.6) is 0 Å². The van der Waals surface area contributed by atoms with Crippen LogP contribution in [-0.4, -0.2) is 30.8 Å². The zero-order valence-corrected chi connectivity index (χ0v) is 11.8. The summed E-state index contributed by atoms with van der Waals surface area (Å²) in [6, 6.07) is 7.26. The van der Waals surface area contributed by atoms with Gasteiger partial charge in [0.2, 0.25) is 0 Å². The fraction of sp³-hybridized carbons (Fsp3) is 0.533. The average molecular weight is 265 g/mol. The minimum Gasteiger partial charge on any atom is -0.391 e. The number of hydrogen-bond acceptors (Lipinski definition) is 3. The third-order valence-electron chi connectivity index (χ3n) is 3.30. The van der Waals surface area contributed by atoms with E-state index in [9.17, 15) is 9.90 Å². The topological polar surface area (TPSA) is 58.6 Å². The summed E-state index contributed by atoms with van der Waals surface area (Å²) in [5, 5.41) is 12.5. The first kappa shape index (κ1) is 15.7. The maximum atomic E-state index is 11.9. The first-order valence-corrected chi connectivity index (χ1v) is 6.62. The summed E-state index contributed by atoms with van der Waals surface area (Å²) in [4.78, 5) is 11.9. The summed E-state index contributed by atoms with van der Waals surface area (Å²) in [5.74, 6) is 0.0238. The van der Waals surface area contributed by atoms with Crippen LogP contribution in [0.4, 0.5) is 0 Å². The van der Waals surface area contributed by atoms with Crippen LogP contribution in [0.2, 0.25) is 0 Å². The molecule has 0 radical (unpaired) electrons. The molecule has 0 aliphatic carbocycles. The largest absolute Gasteiger partial charge is 0.391 e. The maximum absolute atomic E-state index is 11.9. The summed E-state index contributed by atoms with van der Waals surface area (Å²) in [6.45, 7) is 4.81. The molecule has 2 N–H and O–H groups in total. The van der Waals surface area contributed by atoms with E-state index in [2.05, 4.69) is 5.32 Å². The van der Waals surface area contributed by atoms with Crippen molar-refractivity contribution >= 4 is 5.91 Å². The molecule has 1 amide bonds. The number of carbonyl (C=O) groups is 1. The number of benzene rings is 1. The Morgan fingerprint density at radius 1 is 1.37 bits per heavy atom. The second-order valence-electron chi connectivity index (χ2n) is 4.79. The Kier molecular flexibility index (Phi) is 6.53. The van der Waals surface area contributed by atoms with Crippen LogP contribution in [0.3, 0.4) is 0 Å². The van der Waals surface area contributed by atoms with E-state index in [0.29, 0.717) is 12.2 Å². The van der Waals surface area contributed by atoms with Crippen LogP contribution in [0.15, 0.2) is 24.3 Å². The molecule has 1 aromatic rings. The summed E-state index contributed by atoms with van der Waals surface area (Å²) in [5.41, 5.74) is 1.62. The molecule has 1 aromatic carbocycles. The van der Waals surface area contributed by atoms with Crippen molar-refractivity contribution in [3.05, 3.63) is 35.4 Å². The Morgan fingerprint density at radius 2 is 2.00 bits per heavy atom. The van der Waals surface area contributed by atoms with Gasteiger partial charge in [0.15, 0.2) is 0 Å². The number of ether oxygens (including phenoxy) is 1. The number of carbonyl (C=O) groups excluding carboxylic acids is 1. The van der Waals surface area contributed by atoms with Crippen molar-refractivity contribution in [2.24, 2.45) is 5.92 Å². The van der Waals surface area contributed by atoms with Crippen LogP contribution >= 0.6 is 0 Å². The van der Waals surface area contributed by atoms with E-state index in [1.54, 1.807) is 19.2 Å². The van der Waals surface area contributed by atoms with Gasteiger partial charge in [-0.25, -0.2) is 0 Å². The number of nitrogens with one attached hydrogen (secondary N) is 1. The molecule has 0 bridgehead atoms. The predicted molar refractivity (Wildman–Crippen MR) is 75.0 cm³/mol. The predicted octanol–water partition coefficient (Wildman–Crippen LogP) is 1.97. The van der Waals surface area contributed by atoms with Gasteiger partial charge in [-0.2, -0.15) is 0 Å². The molecule has 0 fully saturated rings. The molecule has 4 heteroatoms. The second kappa shape index (κ2) is 7.92. The van der Waals surface area contributed by atoms with Crippen LogP contribution in [0.1, 0.15) is 36.2 Å². The van der Waals surface area contributed by atoms with Gasteiger partial charge < -0.3 is 15.2 Å². The smallest absolute Gasteiger partial charge is 0.251 e. The standard InChI is InChI=1S/C15H23NO3/c1-4-11(2)14(17)9-16-15(18)13-7-5-12(6-8-13)10-19-3/h5-8,11,14,17H,4,9-10H2,1-3H3,(H,16,18)/t11-,14+/m1/s1. The Balaban J connectivity index is 2.49. The first-order chi connectivity index (χ1) is 9.08. The van der Waals surface area contributed by atoms with E-state index >= 15 is 0 Å². The third kappa shape index (κ3) is 5.01. The lowest BCUT2D eigenvalue weighted by molar-refractivity contribution is 0.0850. The molecular formula is C15H23NO3. The monoisotopic (exact) mass is 265 g/mol. The van der Waals surface area contributed by atoms with E-state index in [-0.39, 0.29) is 18.4 Å². The van der Waals surface area contributed by atoms with E-state index in [1.165, 1.54) is 0 Å². The van der Waals surface area contributed by atoms with Crippen molar-refractivity contribution in [1.82, 2.24) is 5.32 Å². The van der Waals surface area contributed by atoms with Gasteiger partial charge in [0.1, 0.15) is 0 Å². The van der Waals surface area contributed by atoms with E-state index in [1.807, 2.05) is 26.0 Å². The Bertz CT molecular complexity index is 389. The lowest BCUT2D eigenvalue weighted by Gasteiger charge is -2.17. The van der Waals surface area contributed by atoms with Gasteiger partial charge in [-0.15, -0.1) is 0 Å². The maximum Gasteiger partial charge on any atom is 0.251 e. The van der Waals surface area contributed by atoms with Gasteiger partial charge in [-0.05, 0) is 23.6 Å². The van der Waals surface area contributed by atoms with E-state index in [4.69, 9.17) is 4.74 Å². The average Bonchev–Trinajstić information content (AvgIpc) is 2.44. The van der Waals surface area contributed by atoms with Gasteiger partial charge in [-0.1, -0.05) is 32.4 Å². The number of methoxy groups -OCH3 is 1. The van der Waals surface area contributed by atoms with Crippen LogP contribution in [-0.2, 0) is 11.3 Å². The molecule has 0 aliphatic rings. The van der Waals surface area contributed by atoms with Crippen molar-refractivity contribution in [2.75, 3.05) is 13.7 Å². The van der Waals surface area contributed by atoms with Crippen LogP contribution in [0, 0.1) is 5.92 Å². The first-order valence-electron chi connectivity index (χ1n) is 6.62. The summed E-state index contributed by atoms with van der Waals surface area (Å²) in [6.07, 6.45) is 0.393. The van der Waals surface area contributed by atoms with Crippen molar-refractivity contribution in [2.45, 2.75) is 33.0 Å². The summed E-state index contributed by atoms with van der Waals surface area (Å²) in [7, 11) is 1.64. The van der Waals surface area contributed by atoms with Gasteiger partial charge in [0, 0.05) is 19.2 Å². The highest BCUT2D eigenvalue weighted by Gasteiger charge is 2.13. The third-order valence-corrected chi connectivity index (χ3v) is 3.30. The minimum absolute atomic E-state index is 0.161. The molecule has 0 aromatic heterocycles. The number of rotatable bonds is 7. The summed E-state index contributed by atoms with van der Waals surface area (Å²) < 4.78 is 5.01. The van der Waals surface area contributed by atoms with Crippen LogP contribution in [0.25, 0.3) is 0 Å². The molecule has 0 spiro atoms. The number of amides is 1. The van der Waals surface area contributed by atoms with E-state index < -0.39 is 6.10 Å². The fourth-order valence-corrected chi connectivity index (χ4v) is 1.69. The highest BCUT2D eigenvalue weighted by Crippen LogP contribution is 2.08. The molecular weight excluding hydrogens is 242 g/mol. The molecule has 4 nitrogen and oxygen atoms in total. The molecule has 0 unspecified atom stereocenters. The molecule has 1 rings (SSSR count). The van der Waals surface area contributed by atoms with Gasteiger partial charge in [0.05, 0.1) is 12.7 Å². The second-order valence-corrected chi connectivity index (χ2v) is 4.79. The quantitative estimate of drug-likeness (QED) is 0.792. The normalized spacial score (nSPS) is 13.9. The SMILES string of the molecule is CC[C@@H](C)[C@@H](O)CNC(=O)c1ccc(COC)cc1. The number of aliphatic hydroxyl groups is 1. The molecule has 0 heterocycles. The van der Waals surface area contributed by atoms with Crippen molar-refractivity contribution in [3.63, 3.8) is 0 Å². The molecule has 0 saturated carbocycles. The van der Waals surface area contributed by atoms with Gasteiger partial charge in [0.25, 0.3) is 5.91 Å². The summed E-state index contributed by atoms with van der Waals surface area (Å²) >= 11 is 0. The zero-order valence-electron chi connectivity index (χ0n) is 11.8.